The molecule has 3 N–H and O–H groups in total. The molecular weight excluding hydrogens is 374 g/mol. The summed E-state index contributed by atoms with van der Waals surface area (Å²) < 4.78 is 10.3. The molecule has 0 unspecified atom stereocenters. The van der Waals surface area contributed by atoms with Crippen LogP contribution in [0, 0.1) is 0 Å². The zero-order chi connectivity index (χ0) is 20.5. The van der Waals surface area contributed by atoms with Gasteiger partial charge in [0.25, 0.3) is 0 Å². The second kappa shape index (κ2) is 7.16. The second-order valence-electron chi connectivity index (χ2n) is 6.23. The highest BCUT2D eigenvalue weighted by Gasteiger charge is 2.19. The molecule has 2 aromatic heterocycles. The van der Waals surface area contributed by atoms with E-state index in [1.807, 2.05) is 12.1 Å². The summed E-state index contributed by atoms with van der Waals surface area (Å²) in [5.41, 5.74) is 1.91. The summed E-state index contributed by atoms with van der Waals surface area (Å²) in [6, 6.07) is 13.5. The zero-order valence-corrected chi connectivity index (χ0v) is 15.6. The molecule has 4 aromatic rings. The van der Waals surface area contributed by atoms with E-state index >= 15 is 0 Å². The van der Waals surface area contributed by atoms with E-state index < -0.39 is 5.97 Å². The highest BCUT2D eigenvalue weighted by molar-refractivity contribution is 6.02. The Bertz CT molecular complexity index is 1220. The lowest BCUT2D eigenvalue weighted by Crippen LogP contribution is -2.00. The van der Waals surface area contributed by atoms with E-state index in [1.165, 1.54) is 13.2 Å². The van der Waals surface area contributed by atoms with Crippen molar-refractivity contribution >= 4 is 17.1 Å². The van der Waals surface area contributed by atoms with Crippen molar-refractivity contribution in [3.05, 3.63) is 54.1 Å². The van der Waals surface area contributed by atoms with Crippen LogP contribution in [0.2, 0.25) is 0 Å². The Morgan fingerprint density at radius 2 is 1.79 bits per heavy atom. The molecule has 0 aliphatic carbocycles. The fourth-order valence-electron chi connectivity index (χ4n) is 3.07. The van der Waals surface area contributed by atoms with Crippen LogP contribution in [0.25, 0.3) is 33.8 Å². The summed E-state index contributed by atoms with van der Waals surface area (Å²) in [5.74, 6) is 0.187. The number of pyridine rings is 1. The average Bonchev–Trinajstić information content (AvgIpc) is 3.17. The Kier molecular flexibility index (Phi) is 4.52. The van der Waals surface area contributed by atoms with E-state index in [0.29, 0.717) is 22.7 Å². The van der Waals surface area contributed by atoms with E-state index in [0.717, 1.165) is 5.56 Å². The highest BCUT2D eigenvalue weighted by Crippen LogP contribution is 2.37. The first-order valence-corrected chi connectivity index (χ1v) is 8.66. The summed E-state index contributed by atoms with van der Waals surface area (Å²) in [5, 5.41) is 20.1. The lowest BCUT2D eigenvalue weighted by Gasteiger charge is -2.09. The molecule has 29 heavy (non-hydrogen) atoms. The number of ether oxygens (including phenoxy) is 2. The van der Waals surface area contributed by atoms with Crippen LogP contribution < -0.4 is 9.47 Å². The van der Waals surface area contributed by atoms with Crippen molar-refractivity contribution in [3.8, 4) is 39.9 Å². The molecule has 0 spiro atoms. The van der Waals surface area contributed by atoms with Gasteiger partial charge in [-0.15, -0.1) is 0 Å². The van der Waals surface area contributed by atoms with Crippen LogP contribution in [0.4, 0.5) is 0 Å². The Balaban J connectivity index is 1.90. The number of aromatic hydroxyl groups is 1. The van der Waals surface area contributed by atoms with E-state index in [-0.39, 0.29) is 28.4 Å². The van der Waals surface area contributed by atoms with Crippen molar-refractivity contribution < 1.29 is 24.5 Å². The maximum atomic E-state index is 11.9. The molecule has 8 nitrogen and oxygen atoms in total. The van der Waals surface area contributed by atoms with Crippen molar-refractivity contribution in [2.24, 2.45) is 0 Å². The summed E-state index contributed by atoms with van der Waals surface area (Å²) in [6.45, 7) is 0. The number of fused-ring (bicyclic) bond motifs is 1. The summed E-state index contributed by atoms with van der Waals surface area (Å²) in [6.07, 6.45) is 0. The quantitative estimate of drug-likeness (QED) is 0.475. The Morgan fingerprint density at radius 3 is 2.45 bits per heavy atom. The van der Waals surface area contributed by atoms with E-state index in [2.05, 4.69) is 15.0 Å². The largest absolute Gasteiger partial charge is 0.504 e. The topological polar surface area (TPSA) is 118 Å². The van der Waals surface area contributed by atoms with Gasteiger partial charge in [0.15, 0.2) is 17.1 Å². The molecule has 0 radical (unpaired) electrons. The monoisotopic (exact) mass is 391 g/mol. The van der Waals surface area contributed by atoms with Crippen molar-refractivity contribution in [2.45, 2.75) is 0 Å². The summed E-state index contributed by atoms with van der Waals surface area (Å²) >= 11 is 0. The van der Waals surface area contributed by atoms with E-state index in [4.69, 9.17) is 9.47 Å². The fourth-order valence-corrected chi connectivity index (χ4v) is 3.07. The number of phenolic OH excluding ortho intramolecular Hbond substituents is 1. The molecule has 0 aliphatic heterocycles. The van der Waals surface area contributed by atoms with Crippen LogP contribution in [0.1, 0.15) is 10.4 Å². The van der Waals surface area contributed by atoms with E-state index in [1.54, 1.807) is 37.4 Å². The minimum Gasteiger partial charge on any atom is -0.504 e. The van der Waals surface area contributed by atoms with Crippen molar-refractivity contribution in [3.63, 3.8) is 0 Å². The van der Waals surface area contributed by atoms with Gasteiger partial charge in [-0.05, 0) is 42.5 Å². The molecule has 0 fully saturated rings. The maximum absolute atomic E-state index is 11.9. The van der Waals surface area contributed by atoms with Gasteiger partial charge < -0.3 is 24.7 Å². The Morgan fingerprint density at radius 1 is 1.03 bits per heavy atom. The number of aromatic amines is 1. The molecule has 2 aromatic carbocycles. The van der Waals surface area contributed by atoms with Gasteiger partial charge in [0.1, 0.15) is 11.6 Å². The molecule has 0 amide bonds. The number of methoxy groups -OCH3 is 2. The molecule has 146 valence electrons. The number of carbonyl (C=O) groups is 1. The SMILES string of the molecule is COc1ccc(-c2nc3nc(-c4cccc(OC)c4O)cc(C(=O)O)c3[nH]2)cc1. The maximum Gasteiger partial charge on any atom is 0.338 e. The minimum absolute atomic E-state index is 0.000480. The first-order chi connectivity index (χ1) is 14.0. The molecule has 8 heteroatoms. The normalized spacial score (nSPS) is 10.8. The predicted octanol–water partition coefficient (Wildman–Crippen LogP) is 3.71. The van der Waals surface area contributed by atoms with Crippen molar-refractivity contribution in [2.75, 3.05) is 14.2 Å². The van der Waals surface area contributed by atoms with Gasteiger partial charge in [0.2, 0.25) is 0 Å². The third kappa shape index (κ3) is 3.20. The van der Waals surface area contributed by atoms with Crippen molar-refractivity contribution in [1.29, 1.82) is 0 Å². The number of phenols is 1. The van der Waals surface area contributed by atoms with Crippen molar-refractivity contribution in [1.82, 2.24) is 15.0 Å². The Hall–Kier alpha value is -4.07. The number of aromatic nitrogens is 3. The third-order valence-corrected chi connectivity index (χ3v) is 4.55. The van der Waals surface area contributed by atoms with Crippen LogP contribution in [0.5, 0.6) is 17.2 Å². The first kappa shape index (κ1) is 18.3. The number of rotatable bonds is 5. The number of aromatic carboxylic acids is 1. The number of para-hydroxylation sites is 1. The number of hydrogen-bond acceptors (Lipinski definition) is 6. The number of nitrogens with one attached hydrogen (secondary N) is 1. The van der Waals surface area contributed by atoms with Crippen LogP contribution in [0.15, 0.2) is 48.5 Å². The standard InChI is InChI=1S/C21H17N3O5/c1-28-12-8-6-11(7-9-12)19-23-17-14(21(26)27)10-15(22-20(17)24-19)13-4-3-5-16(29-2)18(13)25/h3-10,25H,1-2H3,(H,26,27)(H,22,23,24). The van der Waals surface area contributed by atoms with Gasteiger partial charge in [-0.3, -0.25) is 0 Å². The molecule has 0 bridgehead atoms. The number of carboxylic acids is 1. The highest BCUT2D eigenvalue weighted by atomic mass is 16.5. The van der Waals surface area contributed by atoms with Gasteiger partial charge in [0, 0.05) is 11.1 Å². The van der Waals surface area contributed by atoms with Gasteiger partial charge in [-0.25, -0.2) is 14.8 Å². The summed E-state index contributed by atoms with van der Waals surface area (Å²) in [7, 11) is 3.02. The Labute approximate surface area is 165 Å². The smallest absolute Gasteiger partial charge is 0.338 e. The fraction of sp³-hybridized carbons (Fsp3) is 0.0952. The molecule has 2 heterocycles. The van der Waals surface area contributed by atoms with Gasteiger partial charge in [0.05, 0.1) is 31.0 Å². The molecule has 0 aliphatic rings. The molecule has 0 atom stereocenters. The minimum atomic E-state index is -1.13. The number of H-pyrrole nitrogens is 1. The molecule has 0 saturated carbocycles. The number of carboxylic acid groups (broad SMARTS) is 1. The average molecular weight is 391 g/mol. The number of nitrogens with zero attached hydrogens (tertiary/aromatic N) is 2. The van der Waals surface area contributed by atoms with Gasteiger partial charge in [-0.2, -0.15) is 0 Å². The van der Waals surface area contributed by atoms with Crippen LogP contribution in [-0.2, 0) is 0 Å². The predicted molar refractivity (Wildman–Crippen MR) is 106 cm³/mol. The summed E-state index contributed by atoms with van der Waals surface area (Å²) in [4.78, 5) is 23.8. The molecule has 0 saturated heterocycles. The van der Waals surface area contributed by atoms with Crippen LogP contribution >= 0.6 is 0 Å². The van der Waals surface area contributed by atoms with Crippen LogP contribution in [-0.4, -0.2) is 45.4 Å². The number of imidazole rings is 1. The first-order valence-electron chi connectivity index (χ1n) is 8.66. The molecular formula is C21H17N3O5. The third-order valence-electron chi connectivity index (χ3n) is 4.55. The molecule has 4 rings (SSSR count). The lowest BCUT2D eigenvalue weighted by atomic mass is 10.1. The van der Waals surface area contributed by atoms with Gasteiger partial charge >= 0.3 is 5.97 Å². The van der Waals surface area contributed by atoms with E-state index in [9.17, 15) is 15.0 Å². The van der Waals surface area contributed by atoms with Crippen LogP contribution in [0.3, 0.4) is 0 Å². The number of benzene rings is 2. The zero-order valence-electron chi connectivity index (χ0n) is 15.6. The number of hydrogen-bond donors (Lipinski definition) is 3. The van der Waals surface area contributed by atoms with Gasteiger partial charge in [-0.1, -0.05) is 6.07 Å². The lowest BCUT2D eigenvalue weighted by molar-refractivity contribution is 0.0698. The second-order valence-corrected chi connectivity index (χ2v) is 6.23.